The van der Waals surface area contributed by atoms with Crippen LogP contribution in [0.1, 0.15) is 27.7 Å². The van der Waals surface area contributed by atoms with Gasteiger partial charge in [0.25, 0.3) is 0 Å². The minimum atomic E-state index is -3.74. The van der Waals surface area contributed by atoms with E-state index < -0.39 is 15.6 Å². The van der Waals surface area contributed by atoms with Crippen molar-refractivity contribution in [2.75, 3.05) is 13.1 Å². The summed E-state index contributed by atoms with van der Waals surface area (Å²) in [4.78, 5) is 12.1. The van der Waals surface area contributed by atoms with Crippen molar-refractivity contribution in [1.29, 1.82) is 0 Å². The Bertz CT molecular complexity index is 655. The standard InChI is InChI=1S/C14H20Br2N2O3S/c1-5-18(9-13(19)17-14(2,3)4)22(20,21)12-7-6-10(15)8-11(12)16/h6-8H,5,9H2,1-4H3,(H,17,19). The highest BCUT2D eigenvalue weighted by molar-refractivity contribution is 9.11. The molecule has 0 unspecified atom stereocenters. The number of carbonyl (C=O) groups excluding carboxylic acids is 1. The summed E-state index contributed by atoms with van der Waals surface area (Å²) in [5, 5.41) is 2.77. The van der Waals surface area contributed by atoms with Gasteiger partial charge in [-0.25, -0.2) is 8.42 Å². The minimum Gasteiger partial charge on any atom is -0.350 e. The second-order valence-corrected chi connectivity index (χ2v) is 9.48. The first kappa shape index (κ1) is 19.6. The second-order valence-electron chi connectivity index (χ2n) is 5.80. The molecule has 0 saturated carbocycles. The van der Waals surface area contributed by atoms with Gasteiger partial charge < -0.3 is 5.32 Å². The maximum Gasteiger partial charge on any atom is 0.244 e. The van der Waals surface area contributed by atoms with Crippen LogP contribution in [0, 0.1) is 0 Å². The molecule has 0 aliphatic rings. The number of sulfonamides is 1. The molecule has 0 aliphatic carbocycles. The number of hydrogen-bond acceptors (Lipinski definition) is 3. The van der Waals surface area contributed by atoms with Gasteiger partial charge in [0.1, 0.15) is 0 Å². The van der Waals surface area contributed by atoms with Crippen LogP contribution in [-0.2, 0) is 14.8 Å². The predicted octanol–water partition coefficient (Wildman–Crippen LogP) is 3.14. The molecule has 0 spiro atoms. The molecule has 22 heavy (non-hydrogen) atoms. The van der Waals surface area contributed by atoms with Gasteiger partial charge in [-0.05, 0) is 54.9 Å². The molecule has 1 aromatic carbocycles. The summed E-state index contributed by atoms with van der Waals surface area (Å²) in [6.45, 7) is 7.25. The summed E-state index contributed by atoms with van der Waals surface area (Å²) in [6, 6.07) is 4.82. The molecule has 1 rings (SSSR count). The highest BCUT2D eigenvalue weighted by Gasteiger charge is 2.28. The molecule has 1 aromatic rings. The molecule has 0 saturated heterocycles. The summed E-state index contributed by atoms with van der Waals surface area (Å²) >= 11 is 6.55. The first-order chi connectivity index (χ1) is 9.97. The average Bonchev–Trinajstić information content (AvgIpc) is 2.32. The Morgan fingerprint density at radius 1 is 1.27 bits per heavy atom. The SMILES string of the molecule is CCN(CC(=O)NC(C)(C)C)S(=O)(=O)c1ccc(Br)cc1Br. The third kappa shape index (κ3) is 5.33. The van der Waals surface area contributed by atoms with Crippen molar-refractivity contribution in [1.82, 2.24) is 9.62 Å². The molecule has 0 bridgehead atoms. The van der Waals surface area contributed by atoms with E-state index in [-0.39, 0.29) is 23.9 Å². The summed E-state index contributed by atoms with van der Waals surface area (Å²) < 4.78 is 27.8. The molecule has 1 N–H and O–H groups in total. The topological polar surface area (TPSA) is 66.5 Å². The van der Waals surface area contributed by atoms with E-state index in [4.69, 9.17) is 0 Å². The number of rotatable bonds is 5. The van der Waals surface area contributed by atoms with Crippen molar-refractivity contribution in [2.24, 2.45) is 0 Å². The van der Waals surface area contributed by atoms with Crippen LogP contribution < -0.4 is 5.32 Å². The van der Waals surface area contributed by atoms with Crippen LogP contribution in [0.15, 0.2) is 32.0 Å². The Morgan fingerprint density at radius 3 is 2.32 bits per heavy atom. The maximum absolute atomic E-state index is 12.7. The second kappa shape index (κ2) is 7.42. The van der Waals surface area contributed by atoms with Gasteiger partial charge in [-0.3, -0.25) is 4.79 Å². The van der Waals surface area contributed by atoms with Gasteiger partial charge in [-0.2, -0.15) is 4.31 Å². The minimum absolute atomic E-state index is 0.140. The quantitative estimate of drug-likeness (QED) is 0.741. The molecule has 0 aliphatic heterocycles. The summed E-state index contributed by atoms with van der Waals surface area (Å²) in [6.07, 6.45) is 0. The van der Waals surface area contributed by atoms with E-state index in [1.807, 2.05) is 20.8 Å². The van der Waals surface area contributed by atoms with Crippen LogP contribution in [-0.4, -0.2) is 37.3 Å². The predicted molar refractivity (Wildman–Crippen MR) is 94.2 cm³/mol. The van der Waals surface area contributed by atoms with E-state index in [2.05, 4.69) is 37.2 Å². The normalized spacial score (nSPS) is 12.5. The maximum atomic E-state index is 12.7. The van der Waals surface area contributed by atoms with Gasteiger partial charge in [0.15, 0.2) is 0 Å². The first-order valence-corrected chi connectivity index (χ1v) is 9.76. The number of benzene rings is 1. The Labute approximate surface area is 148 Å². The van der Waals surface area contributed by atoms with Gasteiger partial charge in [0.2, 0.25) is 15.9 Å². The third-order valence-electron chi connectivity index (χ3n) is 2.70. The van der Waals surface area contributed by atoms with E-state index in [1.54, 1.807) is 19.1 Å². The Morgan fingerprint density at radius 2 is 1.86 bits per heavy atom. The van der Waals surface area contributed by atoms with Crippen molar-refractivity contribution >= 4 is 47.8 Å². The lowest BCUT2D eigenvalue weighted by atomic mass is 10.1. The highest BCUT2D eigenvalue weighted by atomic mass is 79.9. The molecular formula is C14H20Br2N2O3S. The Hall–Kier alpha value is -0.440. The lowest BCUT2D eigenvalue weighted by molar-refractivity contribution is -0.122. The Kier molecular flexibility index (Phi) is 6.61. The monoisotopic (exact) mass is 454 g/mol. The molecule has 0 fully saturated rings. The molecule has 5 nitrogen and oxygen atoms in total. The highest BCUT2D eigenvalue weighted by Crippen LogP contribution is 2.28. The zero-order chi connectivity index (χ0) is 17.1. The molecule has 8 heteroatoms. The van der Waals surface area contributed by atoms with Crippen molar-refractivity contribution in [3.8, 4) is 0 Å². The van der Waals surface area contributed by atoms with Crippen LogP contribution in [0.2, 0.25) is 0 Å². The zero-order valence-corrected chi connectivity index (χ0v) is 17.0. The van der Waals surface area contributed by atoms with E-state index in [9.17, 15) is 13.2 Å². The summed E-state index contributed by atoms with van der Waals surface area (Å²) in [5.41, 5.74) is -0.404. The van der Waals surface area contributed by atoms with Crippen LogP contribution in [0.3, 0.4) is 0 Å². The van der Waals surface area contributed by atoms with Crippen LogP contribution >= 0.6 is 31.9 Å². The van der Waals surface area contributed by atoms with Crippen molar-refractivity contribution < 1.29 is 13.2 Å². The summed E-state index contributed by atoms with van der Waals surface area (Å²) in [7, 11) is -3.74. The largest absolute Gasteiger partial charge is 0.350 e. The lowest BCUT2D eigenvalue weighted by Gasteiger charge is -2.25. The van der Waals surface area contributed by atoms with E-state index in [1.165, 1.54) is 6.07 Å². The first-order valence-electron chi connectivity index (χ1n) is 6.73. The van der Waals surface area contributed by atoms with Gasteiger partial charge >= 0.3 is 0 Å². The van der Waals surface area contributed by atoms with E-state index >= 15 is 0 Å². The van der Waals surface area contributed by atoms with Gasteiger partial charge in [-0.1, -0.05) is 22.9 Å². The van der Waals surface area contributed by atoms with Crippen molar-refractivity contribution in [2.45, 2.75) is 38.1 Å². The molecule has 0 heterocycles. The van der Waals surface area contributed by atoms with Crippen LogP contribution in [0.5, 0.6) is 0 Å². The van der Waals surface area contributed by atoms with Crippen molar-refractivity contribution in [3.63, 3.8) is 0 Å². The third-order valence-corrected chi connectivity index (χ3v) is 6.09. The molecule has 0 radical (unpaired) electrons. The van der Waals surface area contributed by atoms with Crippen LogP contribution in [0.25, 0.3) is 0 Å². The van der Waals surface area contributed by atoms with Gasteiger partial charge in [0, 0.05) is 21.0 Å². The van der Waals surface area contributed by atoms with E-state index in [0.717, 1.165) is 8.78 Å². The number of likely N-dealkylation sites (N-methyl/N-ethyl adjacent to an activating group) is 1. The molecule has 0 atom stereocenters. The number of amides is 1. The fourth-order valence-electron chi connectivity index (χ4n) is 1.81. The lowest BCUT2D eigenvalue weighted by Crippen LogP contribution is -2.47. The van der Waals surface area contributed by atoms with Gasteiger partial charge in [0.05, 0.1) is 11.4 Å². The van der Waals surface area contributed by atoms with E-state index in [0.29, 0.717) is 4.47 Å². The number of nitrogens with one attached hydrogen (secondary N) is 1. The Balaban J connectivity index is 3.05. The fourth-order valence-corrected chi connectivity index (χ4v) is 4.92. The molecular weight excluding hydrogens is 436 g/mol. The van der Waals surface area contributed by atoms with Gasteiger partial charge in [-0.15, -0.1) is 0 Å². The number of carbonyl (C=O) groups is 1. The summed E-state index contributed by atoms with van der Waals surface area (Å²) in [5.74, 6) is -0.328. The van der Waals surface area contributed by atoms with Crippen molar-refractivity contribution in [3.05, 3.63) is 27.1 Å². The number of halogens is 2. The van der Waals surface area contributed by atoms with Crippen LogP contribution in [0.4, 0.5) is 0 Å². The smallest absolute Gasteiger partial charge is 0.244 e. The fraction of sp³-hybridized carbons (Fsp3) is 0.500. The number of nitrogens with zero attached hydrogens (tertiary/aromatic N) is 1. The molecule has 1 amide bonds. The number of hydrogen-bond donors (Lipinski definition) is 1. The average molecular weight is 456 g/mol. The molecule has 0 aromatic heterocycles. The zero-order valence-electron chi connectivity index (χ0n) is 13.0. The molecule has 124 valence electrons.